The van der Waals surface area contributed by atoms with Crippen molar-refractivity contribution in [2.45, 2.75) is 41.5 Å². The van der Waals surface area contributed by atoms with Crippen LogP contribution in [0.4, 0.5) is 0 Å². The van der Waals surface area contributed by atoms with Crippen LogP contribution < -0.4 is 0 Å². The highest BCUT2D eigenvalue weighted by molar-refractivity contribution is 7.37. The molecule has 0 aliphatic carbocycles. The zero-order valence-corrected chi connectivity index (χ0v) is 18.3. The summed E-state index contributed by atoms with van der Waals surface area (Å²) in [5, 5.41) is 0. The van der Waals surface area contributed by atoms with Gasteiger partial charge in [-0.3, -0.25) is 0 Å². The van der Waals surface area contributed by atoms with E-state index in [2.05, 4.69) is 0 Å². The summed E-state index contributed by atoms with van der Waals surface area (Å²) in [5.41, 5.74) is 0. The molecule has 0 fully saturated rings. The molecule has 0 spiro atoms. The van der Waals surface area contributed by atoms with E-state index in [1.54, 1.807) is 41.5 Å². The van der Waals surface area contributed by atoms with Gasteiger partial charge in [-0.25, -0.2) is 0 Å². The van der Waals surface area contributed by atoms with Crippen LogP contribution in [-0.4, -0.2) is 57.7 Å². The largest absolute Gasteiger partial charge is 0.728 e. The van der Waals surface area contributed by atoms with E-state index in [1.165, 1.54) is 0 Å². The number of hydrogen-bond donors (Lipinski definition) is 0. The van der Waals surface area contributed by atoms with Crippen molar-refractivity contribution < 1.29 is 39.5 Å². The van der Waals surface area contributed by atoms with Crippen molar-refractivity contribution in [2.24, 2.45) is 0 Å². The van der Waals surface area contributed by atoms with Crippen LogP contribution in [0.5, 0.6) is 0 Å². The molecule has 0 aromatic carbocycles. The lowest BCUT2D eigenvalue weighted by atomic mass is 10.9. The monoisotopic (exact) mass is 405 g/mol. The van der Waals surface area contributed by atoms with E-state index in [1.807, 2.05) is 0 Å². The van der Waals surface area contributed by atoms with Crippen molar-refractivity contribution in [3.63, 3.8) is 0 Å². The highest BCUT2D eigenvalue weighted by Crippen LogP contribution is 2.36. The van der Waals surface area contributed by atoms with E-state index in [-0.39, 0.29) is 39.6 Å². The molecule has 0 radical (unpaired) electrons. The lowest BCUT2D eigenvalue weighted by Crippen LogP contribution is -2.50. The van der Waals surface area contributed by atoms with Crippen molar-refractivity contribution in [3.05, 3.63) is 0 Å². The molecule has 0 aliphatic heterocycles. The van der Waals surface area contributed by atoms with E-state index < -0.39 is 26.4 Å². The van der Waals surface area contributed by atoms with Crippen LogP contribution >= 0.6 is 8.25 Å². The molecule has 9 nitrogen and oxygen atoms in total. The minimum absolute atomic E-state index is 0.278. The number of rotatable bonds is 16. The van der Waals surface area contributed by atoms with Gasteiger partial charge < -0.3 is 26.6 Å². The van der Waals surface area contributed by atoms with Gasteiger partial charge in [-0.2, -0.15) is 0 Å². The molecule has 0 aromatic heterocycles. The molecule has 12 heteroatoms. The SMILES string of the molecule is CCO[Si](OCC)(OCC)O[P+](=O)O[Si](OCC)(OCC)OCC. The molecule has 0 saturated heterocycles. The second-order valence-corrected chi connectivity index (χ2v) is 9.64. The first-order valence-corrected chi connectivity index (χ1v) is 12.5. The van der Waals surface area contributed by atoms with E-state index >= 15 is 0 Å². The second-order valence-electron chi connectivity index (χ2n) is 4.00. The van der Waals surface area contributed by atoms with Crippen LogP contribution in [0.2, 0.25) is 0 Å². The van der Waals surface area contributed by atoms with Crippen molar-refractivity contribution >= 4 is 26.4 Å². The summed E-state index contributed by atoms with van der Waals surface area (Å²) in [7, 11) is -9.86. The Morgan fingerprint density at radius 2 is 0.750 bits per heavy atom. The Labute approximate surface area is 147 Å². The van der Waals surface area contributed by atoms with Crippen molar-refractivity contribution in [2.75, 3.05) is 39.6 Å². The third-order valence-electron chi connectivity index (χ3n) is 2.30. The maximum Gasteiger partial charge on any atom is 0.728 e. The summed E-state index contributed by atoms with van der Waals surface area (Å²) in [4.78, 5) is 0. The first-order chi connectivity index (χ1) is 11.5. The van der Waals surface area contributed by atoms with Gasteiger partial charge in [-0.1, -0.05) is 8.43 Å². The van der Waals surface area contributed by atoms with Crippen LogP contribution in [0.25, 0.3) is 0 Å². The molecule has 24 heavy (non-hydrogen) atoms. The summed E-state index contributed by atoms with van der Waals surface area (Å²) in [5.74, 6) is 0. The van der Waals surface area contributed by atoms with Crippen molar-refractivity contribution in [3.8, 4) is 0 Å². The van der Waals surface area contributed by atoms with Crippen LogP contribution in [0.15, 0.2) is 0 Å². The predicted octanol–water partition coefficient (Wildman–Crippen LogP) is 2.77. The highest BCUT2D eigenvalue weighted by atomic mass is 31.1. The molecule has 0 aliphatic rings. The maximum absolute atomic E-state index is 12.4. The lowest BCUT2D eigenvalue weighted by Gasteiger charge is -2.23. The van der Waals surface area contributed by atoms with E-state index in [0.29, 0.717) is 0 Å². The van der Waals surface area contributed by atoms with Gasteiger partial charge >= 0.3 is 26.4 Å². The van der Waals surface area contributed by atoms with Crippen LogP contribution in [0, 0.1) is 0 Å². The first kappa shape index (κ1) is 24.2. The van der Waals surface area contributed by atoms with Gasteiger partial charge in [-0.15, -0.1) is 0 Å². The second kappa shape index (κ2) is 13.4. The van der Waals surface area contributed by atoms with Crippen molar-refractivity contribution in [1.29, 1.82) is 0 Å². The Bertz CT molecular complexity index is 284. The minimum atomic E-state index is -3.58. The topological polar surface area (TPSA) is 90.9 Å². The summed E-state index contributed by atoms with van der Waals surface area (Å²) in [6.07, 6.45) is 0. The molecule has 0 aromatic rings. The van der Waals surface area contributed by atoms with E-state index in [4.69, 9.17) is 35.0 Å². The van der Waals surface area contributed by atoms with Gasteiger partial charge in [0.25, 0.3) is 0 Å². The predicted molar refractivity (Wildman–Crippen MR) is 91.0 cm³/mol. The fourth-order valence-corrected chi connectivity index (χ4v) is 7.50. The molecular weight excluding hydrogens is 375 g/mol. The van der Waals surface area contributed by atoms with E-state index in [0.717, 1.165) is 0 Å². The lowest BCUT2D eigenvalue weighted by molar-refractivity contribution is -0.00614. The summed E-state index contributed by atoms with van der Waals surface area (Å²) < 4.78 is 56.1. The highest BCUT2D eigenvalue weighted by Gasteiger charge is 2.61. The number of hydrogen-bond acceptors (Lipinski definition) is 9. The normalized spacial score (nSPS) is 12.6. The molecule has 0 bridgehead atoms. The molecule has 144 valence electrons. The fourth-order valence-electron chi connectivity index (χ4n) is 1.67. The van der Waals surface area contributed by atoms with Gasteiger partial charge in [0.15, 0.2) is 0 Å². The third-order valence-corrected chi connectivity index (χ3v) is 9.13. The van der Waals surface area contributed by atoms with Crippen LogP contribution in [-0.2, 0) is 39.5 Å². The standard InChI is InChI=1S/C12H30O9PSi2/c1-7-14-23(15-8-2,16-9-3)20-22(13)21-24(17-10-4,18-11-5)19-12-6/h7-12H2,1-6H3/q+1. The quantitative estimate of drug-likeness (QED) is 0.284. The molecule has 0 atom stereocenters. The molecule has 0 saturated carbocycles. The van der Waals surface area contributed by atoms with Crippen LogP contribution in [0.3, 0.4) is 0 Å². The Balaban J connectivity index is 5.16. The molecule has 0 heterocycles. The van der Waals surface area contributed by atoms with Crippen LogP contribution in [0.1, 0.15) is 41.5 Å². The zero-order valence-electron chi connectivity index (χ0n) is 15.4. The molecular formula is C12H30O9PSi2+. The van der Waals surface area contributed by atoms with Gasteiger partial charge in [0, 0.05) is 44.2 Å². The Morgan fingerprint density at radius 1 is 0.542 bits per heavy atom. The Morgan fingerprint density at radius 3 is 0.917 bits per heavy atom. The van der Waals surface area contributed by atoms with E-state index in [9.17, 15) is 4.57 Å². The maximum atomic E-state index is 12.4. The smallest absolute Gasteiger partial charge is 0.349 e. The molecule has 0 rings (SSSR count). The van der Waals surface area contributed by atoms with Gasteiger partial charge in [0.2, 0.25) is 0 Å². The molecule has 0 amide bonds. The molecule has 0 N–H and O–H groups in total. The summed E-state index contributed by atoms with van der Waals surface area (Å²) in [6.45, 7) is 12.2. The third kappa shape index (κ3) is 8.54. The summed E-state index contributed by atoms with van der Waals surface area (Å²) >= 11 is 0. The Hall–Kier alpha value is 0.214. The summed E-state index contributed by atoms with van der Waals surface area (Å²) in [6, 6.07) is 0. The minimum Gasteiger partial charge on any atom is -0.349 e. The van der Waals surface area contributed by atoms with Gasteiger partial charge in [0.05, 0.1) is 0 Å². The van der Waals surface area contributed by atoms with Crippen molar-refractivity contribution in [1.82, 2.24) is 0 Å². The average molecular weight is 406 g/mol. The van der Waals surface area contributed by atoms with Gasteiger partial charge in [0.1, 0.15) is 0 Å². The fraction of sp³-hybridized carbons (Fsp3) is 1.00. The Kier molecular flexibility index (Phi) is 13.5. The zero-order chi connectivity index (χ0) is 18.5. The first-order valence-electron chi connectivity index (χ1n) is 8.16. The average Bonchev–Trinajstić information content (AvgIpc) is 2.48. The van der Waals surface area contributed by atoms with Gasteiger partial charge in [-0.05, 0) is 41.5 Å². The molecule has 0 unspecified atom stereocenters.